The number of anilines is 1. The van der Waals surface area contributed by atoms with Gasteiger partial charge in [0, 0.05) is 12.6 Å². The average molecular weight is 386 g/mol. The van der Waals surface area contributed by atoms with Gasteiger partial charge in [-0.25, -0.2) is 0 Å². The van der Waals surface area contributed by atoms with E-state index in [0.29, 0.717) is 6.54 Å². The van der Waals surface area contributed by atoms with Gasteiger partial charge in [-0.15, -0.1) is 0 Å². The van der Waals surface area contributed by atoms with Crippen LogP contribution >= 0.6 is 0 Å². The molecule has 5 nitrogen and oxygen atoms in total. The molecule has 0 aliphatic heterocycles. The first-order chi connectivity index (χ1) is 12.8. The zero-order valence-corrected chi connectivity index (χ0v) is 14.3. The molecule has 0 unspecified atom stereocenters. The summed E-state index contributed by atoms with van der Waals surface area (Å²) in [7, 11) is 0. The van der Waals surface area contributed by atoms with Crippen LogP contribution < -0.4 is 20.1 Å². The van der Waals surface area contributed by atoms with Crippen molar-refractivity contribution in [3.63, 3.8) is 0 Å². The van der Waals surface area contributed by atoms with Crippen LogP contribution in [0.2, 0.25) is 0 Å². The van der Waals surface area contributed by atoms with Crippen LogP contribution in [-0.2, 0) is 11.3 Å². The van der Waals surface area contributed by atoms with Gasteiger partial charge in [0.15, 0.2) is 5.75 Å². The molecule has 0 aliphatic rings. The van der Waals surface area contributed by atoms with Crippen LogP contribution in [0, 0.1) is 6.92 Å². The Morgan fingerprint density at radius 3 is 2.44 bits per heavy atom. The number of carbonyl (C=O) groups excluding carboxylic acids is 1. The van der Waals surface area contributed by atoms with Crippen LogP contribution in [0.3, 0.4) is 0 Å². The lowest BCUT2D eigenvalue weighted by Crippen LogP contribution is -2.29. The van der Waals surface area contributed by atoms with Gasteiger partial charge in [-0.1, -0.05) is 29.8 Å². The number of rotatable bonds is 9. The monoisotopic (exact) mass is 386 g/mol. The molecule has 0 bridgehead atoms. The molecule has 2 aromatic carbocycles. The van der Waals surface area contributed by atoms with E-state index in [1.54, 1.807) is 0 Å². The Morgan fingerprint density at radius 1 is 1.04 bits per heavy atom. The maximum Gasteiger partial charge on any atom is 0.387 e. The van der Waals surface area contributed by atoms with E-state index in [1.807, 2.05) is 31.2 Å². The summed E-state index contributed by atoms with van der Waals surface area (Å²) < 4.78 is 57.9. The summed E-state index contributed by atoms with van der Waals surface area (Å²) in [6, 6.07) is 10.8. The maximum atomic E-state index is 12.5. The quantitative estimate of drug-likeness (QED) is 0.642. The molecule has 0 spiro atoms. The van der Waals surface area contributed by atoms with Crippen molar-refractivity contribution >= 4 is 11.6 Å². The Kier molecular flexibility index (Phi) is 7.27. The summed E-state index contributed by atoms with van der Waals surface area (Å²) in [6.45, 7) is -4.25. The molecule has 146 valence electrons. The topological polar surface area (TPSA) is 59.6 Å². The molecular formula is C18H18F4N2O3. The van der Waals surface area contributed by atoms with Crippen LogP contribution in [-0.4, -0.2) is 25.7 Å². The van der Waals surface area contributed by atoms with Crippen LogP contribution in [0.5, 0.6) is 11.5 Å². The fourth-order valence-electron chi connectivity index (χ4n) is 2.28. The molecule has 0 saturated heterocycles. The molecular weight excluding hydrogens is 368 g/mol. The first-order valence-corrected chi connectivity index (χ1v) is 7.93. The minimum atomic E-state index is -3.16. The molecule has 0 saturated carbocycles. The van der Waals surface area contributed by atoms with Gasteiger partial charge in [0.1, 0.15) is 5.75 Å². The highest BCUT2D eigenvalue weighted by Gasteiger charge is 2.14. The number of halogens is 4. The van der Waals surface area contributed by atoms with E-state index in [2.05, 4.69) is 20.1 Å². The van der Waals surface area contributed by atoms with Crippen molar-refractivity contribution in [2.75, 3.05) is 11.9 Å². The third-order valence-electron chi connectivity index (χ3n) is 3.41. The van der Waals surface area contributed by atoms with Crippen molar-refractivity contribution in [1.29, 1.82) is 0 Å². The Balaban J connectivity index is 1.95. The standard InChI is InChI=1S/C18H18F4N2O3/c1-11-3-2-4-12(7-11)9-24-16(25)10-23-14-6-5-13(26-17(19)20)8-15(14)27-18(21)22/h2-8,17-18,23H,9-10H2,1H3,(H,24,25). The third-order valence-corrected chi connectivity index (χ3v) is 3.41. The van der Waals surface area contributed by atoms with Crippen molar-refractivity contribution in [3.05, 3.63) is 53.6 Å². The van der Waals surface area contributed by atoms with E-state index in [4.69, 9.17) is 0 Å². The van der Waals surface area contributed by atoms with Gasteiger partial charge in [0.2, 0.25) is 5.91 Å². The van der Waals surface area contributed by atoms with Gasteiger partial charge in [-0.2, -0.15) is 17.6 Å². The molecule has 0 atom stereocenters. The van der Waals surface area contributed by atoms with E-state index in [-0.39, 0.29) is 23.9 Å². The zero-order chi connectivity index (χ0) is 19.8. The number of ether oxygens (including phenoxy) is 2. The minimum absolute atomic E-state index is 0.0441. The molecule has 0 aromatic heterocycles. The third kappa shape index (κ3) is 7.04. The number of aryl methyl sites for hydroxylation is 1. The van der Waals surface area contributed by atoms with Crippen molar-refractivity contribution in [3.8, 4) is 11.5 Å². The van der Waals surface area contributed by atoms with E-state index in [9.17, 15) is 22.4 Å². The van der Waals surface area contributed by atoms with Crippen molar-refractivity contribution in [1.82, 2.24) is 5.32 Å². The molecule has 27 heavy (non-hydrogen) atoms. The van der Waals surface area contributed by atoms with Gasteiger partial charge < -0.3 is 20.1 Å². The number of alkyl halides is 4. The molecule has 0 heterocycles. The largest absolute Gasteiger partial charge is 0.435 e. The normalized spacial score (nSPS) is 10.8. The minimum Gasteiger partial charge on any atom is -0.435 e. The summed E-state index contributed by atoms with van der Waals surface area (Å²) in [5, 5.41) is 5.31. The fraction of sp³-hybridized carbons (Fsp3) is 0.278. The average Bonchev–Trinajstić information content (AvgIpc) is 2.58. The Morgan fingerprint density at radius 2 is 1.78 bits per heavy atom. The Labute approximate surface area is 153 Å². The summed E-state index contributed by atoms with van der Waals surface area (Å²) in [6.07, 6.45) is 0. The van der Waals surface area contributed by atoms with E-state index in [1.165, 1.54) is 6.07 Å². The van der Waals surface area contributed by atoms with Gasteiger partial charge in [-0.3, -0.25) is 4.79 Å². The summed E-state index contributed by atoms with van der Waals surface area (Å²) in [5.74, 6) is -1.13. The molecule has 9 heteroatoms. The number of nitrogens with one attached hydrogen (secondary N) is 2. The van der Waals surface area contributed by atoms with Crippen LogP contribution in [0.25, 0.3) is 0 Å². The van der Waals surface area contributed by atoms with Gasteiger partial charge >= 0.3 is 13.2 Å². The first kappa shape index (κ1) is 20.3. The van der Waals surface area contributed by atoms with Crippen LogP contribution in [0.1, 0.15) is 11.1 Å². The lowest BCUT2D eigenvalue weighted by Gasteiger charge is -2.14. The lowest BCUT2D eigenvalue weighted by molar-refractivity contribution is -0.119. The first-order valence-electron chi connectivity index (χ1n) is 7.93. The van der Waals surface area contributed by atoms with Gasteiger partial charge in [-0.05, 0) is 24.6 Å². The highest BCUT2D eigenvalue weighted by molar-refractivity contribution is 5.81. The molecule has 2 aromatic rings. The van der Waals surface area contributed by atoms with E-state index in [0.717, 1.165) is 23.3 Å². The van der Waals surface area contributed by atoms with E-state index >= 15 is 0 Å². The second kappa shape index (κ2) is 9.65. The zero-order valence-electron chi connectivity index (χ0n) is 14.3. The smallest absolute Gasteiger partial charge is 0.387 e. The number of hydrogen-bond acceptors (Lipinski definition) is 4. The van der Waals surface area contributed by atoms with Crippen molar-refractivity contribution < 1.29 is 31.8 Å². The number of hydrogen-bond donors (Lipinski definition) is 2. The van der Waals surface area contributed by atoms with Crippen LogP contribution in [0.4, 0.5) is 23.2 Å². The maximum absolute atomic E-state index is 12.5. The molecule has 2 N–H and O–H groups in total. The predicted octanol–water partition coefficient (Wildman–Crippen LogP) is 3.93. The molecule has 0 fully saturated rings. The second-order valence-electron chi connectivity index (χ2n) is 5.53. The summed E-state index contributed by atoms with van der Waals surface area (Å²) in [4.78, 5) is 11.9. The highest BCUT2D eigenvalue weighted by atomic mass is 19.3. The van der Waals surface area contributed by atoms with Gasteiger partial charge in [0.25, 0.3) is 0 Å². The molecule has 0 radical (unpaired) electrons. The number of amides is 1. The lowest BCUT2D eigenvalue weighted by atomic mass is 10.1. The van der Waals surface area contributed by atoms with E-state index < -0.39 is 19.0 Å². The van der Waals surface area contributed by atoms with Crippen molar-refractivity contribution in [2.45, 2.75) is 26.7 Å². The molecule has 1 amide bonds. The fourth-order valence-corrected chi connectivity index (χ4v) is 2.28. The van der Waals surface area contributed by atoms with Gasteiger partial charge in [0.05, 0.1) is 12.2 Å². The van der Waals surface area contributed by atoms with Crippen LogP contribution in [0.15, 0.2) is 42.5 Å². The summed E-state index contributed by atoms with van der Waals surface area (Å²) in [5.41, 5.74) is 2.01. The predicted molar refractivity (Wildman–Crippen MR) is 91.2 cm³/mol. The number of carbonyl (C=O) groups is 1. The number of benzene rings is 2. The molecule has 0 aliphatic carbocycles. The summed E-state index contributed by atoms with van der Waals surface area (Å²) >= 11 is 0. The Bertz CT molecular complexity index is 772. The van der Waals surface area contributed by atoms with Crippen molar-refractivity contribution in [2.24, 2.45) is 0 Å². The Hall–Kier alpha value is -2.97. The highest BCUT2D eigenvalue weighted by Crippen LogP contribution is 2.31. The second-order valence-corrected chi connectivity index (χ2v) is 5.53. The SMILES string of the molecule is Cc1cccc(CNC(=O)CNc2ccc(OC(F)F)cc2OC(F)F)c1. The molecule has 2 rings (SSSR count).